The van der Waals surface area contributed by atoms with Crippen molar-refractivity contribution in [2.24, 2.45) is 17.3 Å². The Morgan fingerprint density at radius 3 is 2.21 bits per heavy atom. The summed E-state index contributed by atoms with van der Waals surface area (Å²) in [6.45, 7) is 6.92. The van der Waals surface area contributed by atoms with Crippen LogP contribution < -0.4 is 26.6 Å². The van der Waals surface area contributed by atoms with Gasteiger partial charge in [-0.3, -0.25) is 33.8 Å². The number of aromatic nitrogens is 2. The van der Waals surface area contributed by atoms with Gasteiger partial charge in [0.1, 0.15) is 24.4 Å². The van der Waals surface area contributed by atoms with E-state index in [2.05, 4.69) is 36.6 Å². The zero-order valence-electron chi connectivity index (χ0n) is 33.3. The van der Waals surface area contributed by atoms with Gasteiger partial charge in [0.15, 0.2) is 0 Å². The monoisotopic (exact) mass is 788 g/mol. The van der Waals surface area contributed by atoms with E-state index >= 15 is 0 Å². The quantitative estimate of drug-likeness (QED) is 0.157. The number of ketones is 1. The summed E-state index contributed by atoms with van der Waals surface area (Å²) in [5.41, 5.74) is -0.0258. The molecule has 2 heterocycles. The van der Waals surface area contributed by atoms with Crippen molar-refractivity contribution < 1.29 is 38.3 Å². The molecule has 1 saturated heterocycles. The number of carbonyl (C=O) groups excluding carboxylic acids is 7. The highest BCUT2D eigenvalue weighted by atomic mass is 16.6. The number of hydrogen-bond donors (Lipinski definition) is 5. The molecule has 1 aliphatic heterocycles. The zero-order chi connectivity index (χ0) is 41.1. The molecular formula is C41H56N8O8. The van der Waals surface area contributed by atoms with Crippen molar-refractivity contribution in [3.63, 3.8) is 0 Å². The summed E-state index contributed by atoms with van der Waals surface area (Å²) in [6.07, 6.45) is 9.97. The van der Waals surface area contributed by atoms with Gasteiger partial charge in [-0.1, -0.05) is 83.7 Å². The first-order chi connectivity index (χ1) is 27.2. The topological polar surface area (TPSA) is 218 Å². The van der Waals surface area contributed by atoms with Crippen molar-refractivity contribution in [2.45, 2.75) is 122 Å². The normalized spacial score (nSPS) is 20.0. The molecule has 2 saturated carbocycles. The van der Waals surface area contributed by atoms with Crippen LogP contribution in [-0.2, 0) is 35.3 Å². The van der Waals surface area contributed by atoms with Gasteiger partial charge in [-0.15, -0.1) is 0 Å². The largest absolute Gasteiger partial charge is 0.445 e. The highest BCUT2D eigenvalue weighted by molar-refractivity contribution is 6.38. The number of nitrogens with zero attached hydrogens (tertiary/aromatic N) is 3. The van der Waals surface area contributed by atoms with Crippen LogP contribution >= 0.6 is 0 Å². The van der Waals surface area contributed by atoms with Gasteiger partial charge in [0.25, 0.3) is 11.8 Å². The number of hydrogen-bond acceptors (Lipinski definition) is 10. The second-order valence-corrected chi connectivity index (χ2v) is 16.4. The highest BCUT2D eigenvalue weighted by Crippen LogP contribution is 2.28. The van der Waals surface area contributed by atoms with E-state index in [0.29, 0.717) is 19.3 Å². The third-order valence-corrected chi connectivity index (χ3v) is 10.7. The number of Topliss-reactive ketones (excluding diaryl/α,β-unsaturated/α-hetero) is 1. The second kappa shape index (κ2) is 19.6. The van der Waals surface area contributed by atoms with E-state index in [1.807, 2.05) is 37.3 Å². The summed E-state index contributed by atoms with van der Waals surface area (Å²) in [4.78, 5) is 104. The Kier molecular flexibility index (Phi) is 14.7. The molecule has 3 aliphatic rings. The van der Waals surface area contributed by atoms with E-state index in [-0.39, 0.29) is 43.8 Å². The molecule has 16 nitrogen and oxygen atoms in total. The van der Waals surface area contributed by atoms with Crippen molar-refractivity contribution in [1.82, 2.24) is 41.5 Å². The average molecular weight is 789 g/mol. The molecule has 6 amide bonds. The van der Waals surface area contributed by atoms with Gasteiger partial charge in [-0.2, -0.15) is 0 Å². The lowest BCUT2D eigenvalue weighted by Gasteiger charge is -2.35. The maximum absolute atomic E-state index is 14.3. The smallest absolute Gasteiger partial charge is 0.410 e. The molecular weight excluding hydrogens is 732 g/mol. The lowest BCUT2D eigenvalue weighted by molar-refractivity contribution is -0.140. The Balaban J connectivity index is 1.34. The summed E-state index contributed by atoms with van der Waals surface area (Å²) in [5, 5.41) is 14.1. The molecule has 308 valence electrons. The van der Waals surface area contributed by atoms with Gasteiger partial charge in [0.05, 0.1) is 24.2 Å². The van der Waals surface area contributed by atoms with E-state index in [4.69, 9.17) is 4.74 Å². The van der Waals surface area contributed by atoms with Crippen LogP contribution in [0.1, 0.15) is 102 Å². The Bertz CT molecular complexity index is 1740. The zero-order valence-corrected chi connectivity index (χ0v) is 33.3. The second-order valence-electron chi connectivity index (χ2n) is 16.4. The first kappa shape index (κ1) is 42.7. The summed E-state index contributed by atoms with van der Waals surface area (Å²) >= 11 is 0. The Morgan fingerprint density at radius 1 is 0.860 bits per heavy atom. The molecule has 5 atom stereocenters. The van der Waals surface area contributed by atoms with E-state index < -0.39 is 76.9 Å². The van der Waals surface area contributed by atoms with Gasteiger partial charge in [0.2, 0.25) is 23.5 Å². The first-order valence-corrected chi connectivity index (χ1v) is 20.0. The summed E-state index contributed by atoms with van der Waals surface area (Å²) in [5.74, 6) is -5.05. The minimum absolute atomic E-state index is 0.0130. The molecule has 3 fully saturated rings. The van der Waals surface area contributed by atoms with E-state index in [0.717, 1.165) is 37.7 Å². The van der Waals surface area contributed by atoms with Gasteiger partial charge in [-0.25, -0.2) is 9.78 Å². The summed E-state index contributed by atoms with van der Waals surface area (Å²) in [7, 11) is 0. The summed E-state index contributed by atoms with van der Waals surface area (Å²) < 4.78 is 5.56. The SMILES string of the molecule is CCCC(NC(=O)[C@@H]1CN(C(=O)OCc2ccccc2)C[C@@H]1NC(=O)[C@@H](NC(=O)[C@@H](NC(=O)c1cnccn1)C1CCCCC1)C(C)(C)C)C(=O)C(=O)NC1CC1. The molecule has 2 aromatic rings. The van der Waals surface area contributed by atoms with Crippen LogP contribution in [0, 0.1) is 17.3 Å². The Morgan fingerprint density at radius 2 is 1.58 bits per heavy atom. The number of benzene rings is 1. The number of nitrogens with one attached hydrogen (secondary N) is 5. The molecule has 1 aromatic carbocycles. The molecule has 2 aliphatic carbocycles. The minimum Gasteiger partial charge on any atom is -0.445 e. The number of carbonyl (C=O) groups is 7. The minimum atomic E-state index is -1.13. The molecule has 5 N–H and O–H groups in total. The molecule has 0 spiro atoms. The number of amides is 6. The Hall–Kier alpha value is -5.41. The molecule has 0 radical (unpaired) electrons. The van der Waals surface area contributed by atoms with Crippen LogP contribution in [0.3, 0.4) is 0 Å². The van der Waals surface area contributed by atoms with Crippen molar-refractivity contribution in [1.29, 1.82) is 0 Å². The predicted octanol–water partition coefficient (Wildman–Crippen LogP) is 2.57. The van der Waals surface area contributed by atoms with E-state index in [1.54, 1.807) is 20.8 Å². The van der Waals surface area contributed by atoms with Gasteiger partial charge in [0, 0.05) is 31.5 Å². The van der Waals surface area contributed by atoms with Crippen molar-refractivity contribution in [3.05, 3.63) is 60.2 Å². The van der Waals surface area contributed by atoms with Crippen LogP contribution in [0.2, 0.25) is 0 Å². The first-order valence-electron chi connectivity index (χ1n) is 20.0. The third kappa shape index (κ3) is 12.0. The van der Waals surface area contributed by atoms with Crippen LogP contribution in [0.4, 0.5) is 4.79 Å². The number of likely N-dealkylation sites (tertiary alicyclic amines) is 1. The van der Waals surface area contributed by atoms with Crippen LogP contribution in [-0.4, -0.2) is 99.6 Å². The highest BCUT2D eigenvalue weighted by Gasteiger charge is 2.45. The maximum atomic E-state index is 14.3. The molecule has 1 aromatic heterocycles. The molecule has 0 bridgehead atoms. The van der Waals surface area contributed by atoms with Crippen LogP contribution in [0.15, 0.2) is 48.9 Å². The molecule has 16 heteroatoms. The molecule has 5 rings (SSSR count). The van der Waals surface area contributed by atoms with Crippen molar-refractivity contribution in [3.8, 4) is 0 Å². The fraction of sp³-hybridized carbons (Fsp3) is 0.585. The average Bonchev–Trinajstić information content (AvgIpc) is 3.92. The fourth-order valence-electron chi connectivity index (χ4n) is 7.32. The van der Waals surface area contributed by atoms with Gasteiger partial charge in [-0.05, 0) is 49.0 Å². The number of ether oxygens (including phenoxy) is 1. The lowest BCUT2D eigenvalue weighted by Crippen LogP contribution is -2.61. The van der Waals surface area contributed by atoms with Crippen molar-refractivity contribution >= 4 is 41.4 Å². The summed E-state index contributed by atoms with van der Waals surface area (Å²) in [6, 6.07) is 4.90. The Labute approximate surface area is 333 Å². The fourth-order valence-corrected chi connectivity index (χ4v) is 7.32. The van der Waals surface area contributed by atoms with Crippen LogP contribution in [0.25, 0.3) is 0 Å². The van der Waals surface area contributed by atoms with E-state index in [9.17, 15) is 33.6 Å². The van der Waals surface area contributed by atoms with Gasteiger partial charge >= 0.3 is 6.09 Å². The molecule has 1 unspecified atom stereocenters. The standard InChI is InChI=1S/C41H56N8O8/c1-5-12-29(33(50)38(54)44-27-17-18-27)45-35(51)28-22-49(40(56)57-24-25-13-8-6-9-14-25)23-31(28)46-39(55)34(41(2,3)4)48-37(53)32(26-15-10-7-11-16-26)47-36(52)30-21-42-19-20-43-30/h6,8-9,13-14,19-21,26-29,31-32,34H,5,7,10-12,15-18,22-24H2,1-4H3,(H,44,54)(H,45,51)(H,46,55)(H,47,52)(H,48,53)/t28-,29?,31+,32+,34-/m1/s1. The maximum Gasteiger partial charge on any atom is 0.410 e. The van der Waals surface area contributed by atoms with Crippen LogP contribution in [0.5, 0.6) is 0 Å². The van der Waals surface area contributed by atoms with Gasteiger partial charge < -0.3 is 36.2 Å². The van der Waals surface area contributed by atoms with E-state index in [1.165, 1.54) is 23.5 Å². The van der Waals surface area contributed by atoms with Crippen molar-refractivity contribution in [2.75, 3.05) is 13.1 Å². The third-order valence-electron chi connectivity index (χ3n) is 10.7. The predicted molar refractivity (Wildman–Crippen MR) is 208 cm³/mol. The number of rotatable bonds is 16. The molecule has 57 heavy (non-hydrogen) atoms. The lowest BCUT2D eigenvalue weighted by atomic mass is 9.82.